The Hall–Kier alpha value is -1.67. The molecule has 0 heterocycles. The van der Waals surface area contributed by atoms with Crippen molar-refractivity contribution >= 4 is 17.4 Å². The van der Waals surface area contributed by atoms with E-state index < -0.39 is 0 Å². The summed E-state index contributed by atoms with van der Waals surface area (Å²) in [5.41, 5.74) is 3.79. The molecule has 0 aliphatic heterocycles. The maximum atomic E-state index is 3.77. The largest absolute Gasteiger partial charge is 0.380 e. The smallest absolute Gasteiger partial charge is 0.0481 e. The number of anilines is 1. The van der Waals surface area contributed by atoms with E-state index in [2.05, 4.69) is 67.4 Å². The first-order valence-electron chi connectivity index (χ1n) is 6.42. The fourth-order valence-corrected chi connectivity index (χ4v) is 2.56. The van der Waals surface area contributed by atoms with Crippen molar-refractivity contribution < 1.29 is 0 Å². The van der Waals surface area contributed by atoms with Crippen LogP contribution in [0, 0.1) is 6.92 Å². The summed E-state index contributed by atoms with van der Waals surface area (Å²) < 4.78 is 0. The van der Waals surface area contributed by atoms with Crippen LogP contribution >= 0.6 is 11.8 Å². The highest BCUT2D eigenvalue weighted by atomic mass is 32.2. The molecule has 0 atom stereocenters. The van der Waals surface area contributed by atoms with Gasteiger partial charge in [0, 0.05) is 22.9 Å². The lowest BCUT2D eigenvalue weighted by atomic mass is 10.1. The molecule has 0 aromatic heterocycles. The van der Waals surface area contributed by atoms with Gasteiger partial charge in [-0.2, -0.15) is 0 Å². The quantitative estimate of drug-likeness (QED) is 0.592. The highest BCUT2D eigenvalue weighted by Gasteiger charge is 2.01. The van der Waals surface area contributed by atoms with E-state index in [0.29, 0.717) is 0 Å². The Kier molecular flexibility index (Phi) is 5.10. The standard InChI is InChI=1S/C17H19NS/c1-3-12-19-17-7-5-4-6-16(17)18-13-15-10-8-14(2)9-11-15/h3-11,18H,1,12-13H2,2H3. The number of hydrogen-bond acceptors (Lipinski definition) is 2. The first kappa shape index (κ1) is 13.8. The molecular weight excluding hydrogens is 250 g/mol. The van der Waals surface area contributed by atoms with Crippen molar-refractivity contribution in [1.29, 1.82) is 0 Å². The Morgan fingerprint density at radius 3 is 2.58 bits per heavy atom. The predicted molar refractivity (Wildman–Crippen MR) is 85.9 cm³/mol. The second kappa shape index (κ2) is 7.05. The van der Waals surface area contributed by atoms with E-state index in [1.54, 1.807) is 11.8 Å². The van der Waals surface area contributed by atoms with Crippen molar-refractivity contribution in [1.82, 2.24) is 0 Å². The van der Waals surface area contributed by atoms with Crippen molar-refractivity contribution in [3.05, 3.63) is 72.3 Å². The number of rotatable bonds is 6. The van der Waals surface area contributed by atoms with Gasteiger partial charge in [-0.1, -0.05) is 48.0 Å². The summed E-state index contributed by atoms with van der Waals surface area (Å²) in [6.07, 6.45) is 1.93. The topological polar surface area (TPSA) is 12.0 Å². The Balaban J connectivity index is 2.02. The SMILES string of the molecule is C=CCSc1ccccc1NCc1ccc(C)cc1. The molecule has 0 fully saturated rings. The number of nitrogens with one attached hydrogen (secondary N) is 1. The van der Waals surface area contributed by atoms with E-state index in [9.17, 15) is 0 Å². The molecule has 0 unspecified atom stereocenters. The van der Waals surface area contributed by atoms with Crippen LogP contribution in [0.5, 0.6) is 0 Å². The monoisotopic (exact) mass is 269 g/mol. The molecule has 0 spiro atoms. The van der Waals surface area contributed by atoms with Crippen LogP contribution in [0.3, 0.4) is 0 Å². The summed E-state index contributed by atoms with van der Waals surface area (Å²) in [6.45, 7) is 6.73. The van der Waals surface area contributed by atoms with Crippen LogP contribution in [-0.4, -0.2) is 5.75 Å². The fraction of sp³-hybridized carbons (Fsp3) is 0.176. The predicted octanol–water partition coefficient (Wildman–Crippen LogP) is 4.89. The molecular formula is C17H19NS. The molecule has 2 rings (SSSR count). The number of thioether (sulfide) groups is 1. The van der Waals surface area contributed by atoms with E-state index in [0.717, 1.165) is 12.3 Å². The van der Waals surface area contributed by atoms with Gasteiger partial charge in [0.25, 0.3) is 0 Å². The van der Waals surface area contributed by atoms with Gasteiger partial charge in [0.2, 0.25) is 0 Å². The zero-order chi connectivity index (χ0) is 13.5. The van der Waals surface area contributed by atoms with Gasteiger partial charge in [-0.25, -0.2) is 0 Å². The van der Waals surface area contributed by atoms with Gasteiger partial charge in [-0.15, -0.1) is 18.3 Å². The van der Waals surface area contributed by atoms with Gasteiger partial charge in [0.15, 0.2) is 0 Å². The maximum Gasteiger partial charge on any atom is 0.0481 e. The van der Waals surface area contributed by atoms with E-state index in [-0.39, 0.29) is 0 Å². The molecule has 98 valence electrons. The van der Waals surface area contributed by atoms with Crippen LogP contribution < -0.4 is 5.32 Å². The van der Waals surface area contributed by atoms with Gasteiger partial charge in [-0.05, 0) is 24.6 Å². The van der Waals surface area contributed by atoms with Crippen LogP contribution in [0.4, 0.5) is 5.69 Å². The molecule has 0 radical (unpaired) electrons. The summed E-state index contributed by atoms with van der Waals surface area (Å²) in [4.78, 5) is 1.27. The third-order valence-electron chi connectivity index (χ3n) is 2.85. The minimum absolute atomic E-state index is 0.853. The molecule has 2 aromatic rings. The highest BCUT2D eigenvalue weighted by molar-refractivity contribution is 7.99. The molecule has 0 bridgehead atoms. The zero-order valence-corrected chi connectivity index (χ0v) is 12.0. The molecule has 1 N–H and O–H groups in total. The minimum Gasteiger partial charge on any atom is -0.380 e. The molecule has 0 aliphatic carbocycles. The third kappa shape index (κ3) is 4.18. The van der Waals surface area contributed by atoms with E-state index in [1.165, 1.54) is 21.7 Å². The lowest BCUT2D eigenvalue weighted by Crippen LogP contribution is -2.00. The Morgan fingerprint density at radius 1 is 1.11 bits per heavy atom. The average Bonchev–Trinajstić information content (AvgIpc) is 2.45. The third-order valence-corrected chi connectivity index (χ3v) is 3.92. The van der Waals surface area contributed by atoms with Gasteiger partial charge in [-0.3, -0.25) is 0 Å². The van der Waals surface area contributed by atoms with Crippen LogP contribution in [0.15, 0.2) is 66.1 Å². The van der Waals surface area contributed by atoms with E-state index >= 15 is 0 Å². The summed E-state index contributed by atoms with van der Waals surface area (Å²) in [5, 5.41) is 3.50. The zero-order valence-electron chi connectivity index (χ0n) is 11.2. The second-order valence-electron chi connectivity index (χ2n) is 4.43. The molecule has 2 heteroatoms. The highest BCUT2D eigenvalue weighted by Crippen LogP contribution is 2.27. The van der Waals surface area contributed by atoms with Gasteiger partial charge >= 0.3 is 0 Å². The molecule has 0 amide bonds. The number of para-hydroxylation sites is 1. The van der Waals surface area contributed by atoms with Crippen molar-refractivity contribution in [2.75, 3.05) is 11.1 Å². The average molecular weight is 269 g/mol. The molecule has 2 aromatic carbocycles. The number of aryl methyl sites for hydroxylation is 1. The van der Waals surface area contributed by atoms with Crippen LogP contribution in [0.1, 0.15) is 11.1 Å². The van der Waals surface area contributed by atoms with Gasteiger partial charge < -0.3 is 5.32 Å². The molecule has 0 saturated heterocycles. The van der Waals surface area contributed by atoms with Crippen molar-refractivity contribution in [3.8, 4) is 0 Å². The fourth-order valence-electron chi connectivity index (χ4n) is 1.79. The van der Waals surface area contributed by atoms with Crippen molar-refractivity contribution in [3.63, 3.8) is 0 Å². The normalized spacial score (nSPS) is 10.2. The van der Waals surface area contributed by atoms with Crippen LogP contribution in [-0.2, 0) is 6.54 Å². The second-order valence-corrected chi connectivity index (χ2v) is 5.50. The van der Waals surface area contributed by atoms with E-state index in [4.69, 9.17) is 0 Å². The van der Waals surface area contributed by atoms with Crippen LogP contribution in [0.25, 0.3) is 0 Å². The summed E-state index contributed by atoms with van der Waals surface area (Å²) in [5.74, 6) is 0.934. The Morgan fingerprint density at radius 2 is 1.84 bits per heavy atom. The first-order valence-corrected chi connectivity index (χ1v) is 7.40. The van der Waals surface area contributed by atoms with Gasteiger partial charge in [0.05, 0.1) is 0 Å². The lowest BCUT2D eigenvalue weighted by molar-refractivity contribution is 1.13. The first-order chi connectivity index (χ1) is 9.29. The summed E-state index contributed by atoms with van der Waals surface area (Å²) in [7, 11) is 0. The van der Waals surface area contributed by atoms with Gasteiger partial charge in [0.1, 0.15) is 0 Å². The number of hydrogen-bond donors (Lipinski definition) is 1. The summed E-state index contributed by atoms with van der Waals surface area (Å²) in [6, 6.07) is 17.0. The Labute approximate surface area is 119 Å². The molecule has 1 nitrogen and oxygen atoms in total. The van der Waals surface area contributed by atoms with Crippen molar-refractivity contribution in [2.24, 2.45) is 0 Å². The maximum absolute atomic E-state index is 3.77. The molecule has 19 heavy (non-hydrogen) atoms. The minimum atomic E-state index is 0.853. The molecule has 0 aliphatic rings. The Bertz CT molecular complexity index is 531. The van der Waals surface area contributed by atoms with Crippen LogP contribution in [0.2, 0.25) is 0 Å². The lowest BCUT2D eigenvalue weighted by Gasteiger charge is -2.11. The number of benzene rings is 2. The van der Waals surface area contributed by atoms with Crippen molar-refractivity contribution in [2.45, 2.75) is 18.4 Å². The van der Waals surface area contributed by atoms with E-state index in [1.807, 2.05) is 6.08 Å². The summed E-state index contributed by atoms with van der Waals surface area (Å²) >= 11 is 1.80. The molecule has 0 saturated carbocycles.